The Morgan fingerprint density at radius 3 is 2.48 bits per heavy atom. The topological polar surface area (TPSA) is 106 Å². The molecule has 0 saturated heterocycles. The lowest BCUT2D eigenvalue weighted by Crippen LogP contribution is -2.19. The second-order valence-electron chi connectivity index (χ2n) is 4.50. The summed E-state index contributed by atoms with van der Waals surface area (Å²) in [6, 6.07) is 9.41. The van der Waals surface area contributed by atoms with Gasteiger partial charge in [0, 0.05) is 5.56 Å². The Labute approximate surface area is 142 Å². The van der Waals surface area contributed by atoms with Crippen molar-refractivity contribution < 1.29 is 14.5 Å². The van der Waals surface area contributed by atoms with Crippen LogP contribution in [0, 0.1) is 22.7 Å². The van der Waals surface area contributed by atoms with Gasteiger partial charge >= 0.3 is 5.88 Å². The summed E-state index contributed by atoms with van der Waals surface area (Å²) in [7, 11) is 1.56. The van der Waals surface area contributed by atoms with Crippen molar-refractivity contribution in [1.82, 2.24) is 0 Å². The van der Waals surface area contributed by atoms with Crippen LogP contribution in [0.15, 0.2) is 22.7 Å². The molecule has 0 radical (unpaired) electrons. The minimum Gasteiger partial charge on any atom is -0.496 e. The molecule has 116 valence electrons. The van der Waals surface area contributed by atoms with E-state index in [1.165, 1.54) is 0 Å². The summed E-state index contributed by atoms with van der Waals surface area (Å²) in [5, 5.41) is 19.0. The molecule has 0 atom stereocenters. The highest BCUT2D eigenvalue weighted by Crippen LogP contribution is 2.36. The number of aromatic nitrogens is 1. The molecule has 1 heterocycles. The van der Waals surface area contributed by atoms with Crippen LogP contribution in [-0.4, -0.2) is 13.7 Å². The van der Waals surface area contributed by atoms with Gasteiger partial charge in [-0.3, -0.25) is 5.73 Å². The highest BCUT2D eigenvalue weighted by atomic mass is 79.9. The number of methoxy groups -OCH3 is 1. The van der Waals surface area contributed by atoms with Crippen molar-refractivity contribution in [2.24, 2.45) is 0 Å². The third-order valence-corrected chi connectivity index (χ3v) is 3.82. The second kappa shape index (κ2) is 6.99. The maximum atomic E-state index is 9.53. The molecule has 0 unspecified atom stereocenters. The standard InChI is InChI=1S/C16H13BrN4O2/c1-3-23-16-11(8-19)14(10(7-18)15(20)21-16)9-4-5-13(22-2)12(17)6-9/h4-6H,3H2,1-2H3,(H2,20,21)/p+1. The maximum Gasteiger partial charge on any atom is 0.301 e. The van der Waals surface area contributed by atoms with Crippen LogP contribution in [0.2, 0.25) is 0 Å². The van der Waals surface area contributed by atoms with Crippen molar-refractivity contribution in [3.63, 3.8) is 0 Å². The molecule has 1 aromatic carbocycles. The van der Waals surface area contributed by atoms with Crippen molar-refractivity contribution in [2.75, 3.05) is 19.5 Å². The molecule has 23 heavy (non-hydrogen) atoms. The van der Waals surface area contributed by atoms with Crippen LogP contribution in [0.1, 0.15) is 18.1 Å². The number of nitrogens with two attached hydrogens (primary N) is 1. The monoisotopic (exact) mass is 373 g/mol. The molecule has 2 rings (SSSR count). The van der Waals surface area contributed by atoms with E-state index >= 15 is 0 Å². The average molecular weight is 374 g/mol. The van der Waals surface area contributed by atoms with Gasteiger partial charge in [-0.05, 0) is 40.5 Å². The van der Waals surface area contributed by atoms with Crippen molar-refractivity contribution in [3.05, 3.63) is 33.8 Å². The number of rotatable bonds is 4. The number of benzene rings is 1. The molecule has 2 aromatic rings. The van der Waals surface area contributed by atoms with E-state index in [1.807, 2.05) is 6.07 Å². The Morgan fingerprint density at radius 2 is 1.96 bits per heavy atom. The molecule has 0 saturated carbocycles. The highest BCUT2D eigenvalue weighted by Gasteiger charge is 2.24. The van der Waals surface area contributed by atoms with E-state index in [1.54, 1.807) is 32.2 Å². The van der Waals surface area contributed by atoms with E-state index in [0.717, 1.165) is 0 Å². The number of nitrogens with zero attached hydrogens (tertiary/aromatic N) is 2. The van der Waals surface area contributed by atoms with Gasteiger partial charge in [-0.15, -0.1) is 0 Å². The Hall–Kier alpha value is -2.77. The van der Waals surface area contributed by atoms with Gasteiger partial charge in [-0.2, -0.15) is 10.5 Å². The number of H-pyrrole nitrogens is 1. The van der Waals surface area contributed by atoms with Crippen LogP contribution in [-0.2, 0) is 0 Å². The number of nitrogen functional groups attached to an aromatic ring is 1. The number of hydrogen-bond donors (Lipinski definition) is 1. The van der Waals surface area contributed by atoms with E-state index in [9.17, 15) is 10.5 Å². The molecular formula is C16H14BrN4O2+. The first kappa shape index (κ1) is 16.6. The number of anilines is 1. The maximum absolute atomic E-state index is 9.53. The predicted octanol–water partition coefficient (Wildman–Crippen LogP) is 2.66. The van der Waals surface area contributed by atoms with Crippen molar-refractivity contribution in [3.8, 4) is 34.9 Å². The largest absolute Gasteiger partial charge is 0.496 e. The summed E-state index contributed by atoms with van der Waals surface area (Å²) >= 11 is 3.40. The summed E-state index contributed by atoms with van der Waals surface area (Å²) in [6.45, 7) is 2.16. The molecule has 3 N–H and O–H groups in total. The fourth-order valence-corrected chi connectivity index (χ4v) is 2.75. The molecule has 7 heteroatoms. The number of ether oxygens (including phenoxy) is 2. The highest BCUT2D eigenvalue weighted by molar-refractivity contribution is 9.10. The van der Waals surface area contributed by atoms with Gasteiger partial charge in [0.05, 0.1) is 18.2 Å². The summed E-state index contributed by atoms with van der Waals surface area (Å²) in [6.07, 6.45) is 0. The fraction of sp³-hybridized carbons (Fsp3) is 0.188. The van der Waals surface area contributed by atoms with Crippen LogP contribution in [0.3, 0.4) is 0 Å². The molecule has 0 aliphatic rings. The van der Waals surface area contributed by atoms with E-state index in [0.29, 0.717) is 28.0 Å². The average Bonchev–Trinajstić information content (AvgIpc) is 2.54. The molecule has 0 aliphatic carbocycles. The van der Waals surface area contributed by atoms with Gasteiger partial charge < -0.3 is 9.47 Å². The number of aromatic amines is 1. The number of hydrogen-bond acceptors (Lipinski definition) is 5. The molecule has 0 bridgehead atoms. The molecular weight excluding hydrogens is 360 g/mol. The van der Waals surface area contributed by atoms with Gasteiger partial charge in [0.2, 0.25) is 0 Å². The van der Waals surface area contributed by atoms with Gasteiger partial charge in [-0.25, -0.2) is 4.98 Å². The van der Waals surface area contributed by atoms with Crippen LogP contribution in [0.5, 0.6) is 11.6 Å². The number of pyridine rings is 1. The third kappa shape index (κ3) is 3.05. The van der Waals surface area contributed by atoms with E-state index in [-0.39, 0.29) is 22.8 Å². The summed E-state index contributed by atoms with van der Waals surface area (Å²) < 4.78 is 11.3. The molecule has 0 fully saturated rings. The fourth-order valence-electron chi connectivity index (χ4n) is 2.21. The summed E-state index contributed by atoms with van der Waals surface area (Å²) in [5.74, 6) is 1.04. The normalized spacial score (nSPS) is 9.78. The van der Waals surface area contributed by atoms with Crippen LogP contribution in [0.4, 0.5) is 5.82 Å². The molecule has 0 amide bonds. The SMILES string of the molecule is CCOc1[nH+]c(N)c(C#N)c(-c2ccc(OC)c(Br)c2)c1C#N. The molecule has 0 spiro atoms. The van der Waals surface area contributed by atoms with Crippen LogP contribution < -0.4 is 20.2 Å². The molecule has 1 aromatic heterocycles. The molecule has 6 nitrogen and oxygen atoms in total. The Morgan fingerprint density at radius 1 is 1.26 bits per heavy atom. The van der Waals surface area contributed by atoms with E-state index < -0.39 is 0 Å². The Kier molecular flexibility index (Phi) is 5.05. The number of nitrogens with one attached hydrogen (secondary N) is 1. The lowest BCUT2D eigenvalue weighted by molar-refractivity contribution is -0.377. The Balaban J connectivity index is 2.81. The lowest BCUT2D eigenvalue weighted by atomic mass is 9.96. The lowest BCUT2D eigenvalue weighted by Gasteiger charge is -2.11. The number of halogens is 1. The van der Waals surface area contributed by atoms with Crippen LogP contribution >= 0.6 is 15.9 Å². The number of nitriles is 2. The first-order valence-corrected chi connectivity index (χ1v) is 7.52. The quantitative estimate of drug-likeness (QED) is 0.886. The first-order valence-electron chi connectivity index (χ1n) is 6.73. The minimum absolute atomic E-state index is 0.150. The van der Waals surface area contributed by atoms with Gasteiger partial charge in [0.15, 0.2) is 5.56 Å². The van der Waals surface area contributed by atoms with E-state index in [4.69, 9.17) is 15.2 Å². The van der Waals surface area contributed by atoms with Crippen LogP contribution in [0.25, 0.3) is 11.1 Å². The Bertz CT molecular complexity index is 837. The van der Waals surface area contributed by atoms with Gasteiger partial charge in [0.25, 0.3) is 5.82 Å². The zero-order chi connectivity index (χ0) is 17.0. The third-order valence-electron chi connectivity index (χ3n) is 3.20. The van der Waals surface area contributed by atoms with Crippen molar-refractivity contribution >= 4 is 21.7 Å². The predicted molar refractivity (Wildman–Crippen MR) is 87.7 cm³/mol. The smallest absolute Gasteiger partial charge is 0.301 e. The van der Waals surface area contributed by atoms with Crippen molar-refractivity contribution in [2.45, 2.75) is 6.92 Å². The zero-order valence-electron chi connectivity index (χ0n) is 12.6. The zero-order valence-corrected chi connectivity index (χ0v) is 14.2. The molecule has 0 aliphatic heterocycles. The van der Waals surface area contributed by atoms with Crippen molar-refractivity contribution in [1.29, 1.82) is 10.5 Å². The van der Waals surface area contributed by atoms with E-state index in [2.05, 4.69) is 27.0 Å². The first-order chi connectivity index (χ1) is 11.1. The summed E-state index contributed by atoms with van der Waals surface area (Å²) in [5.41, 5.74) is 7.43. The van der Waals surface area contributed by atoms with Gasteiger partial charge in [-0.1, -0.05) is 6.07 Å². The minimum atomic E-state index is 0.150. The summed E-state index contributed by atoms with van der Waals surface area (Å²) in [4.78, 5) is 2.77. The van der Waals surface area contributed by atoms with Gasteiger partial charge in [0.1, 0.15) is 23.5 Å². The second-order valence-corrected chi connectivity index (χ2v) is 5.35.